The number of hydrogen-bond donors (Lipinski definition) is 3. The van der Waals surface area contributed by atoms with E-state index in [2.05, 4.69) is 5.73 Å². The van der Waals surface area contributed by atoms with Crippen LogP contribution in [-0.2, 0) is 0 Å². The highest BCUT2D eigenvalue weighted by Gasteiger charge is 2.06. The third kappa shape index (κ3) is 18.7. The molecule has 0 saturated heterocycles. The molecule has 0 heterocycles. The Morgan fingerprint density at radius 1 is 1.08 bits per heavy atom. The first kappa shape index (κ1) is 15.4. The summed E-state index contributed by atoms with van der Waals surface area (Å²) in [5.74, 6) is 0. The summed E-state index contributed by atoms with van der Waals surface area (Å²) in [5, 5.41) is 8.06. The van der Waals surface area contributed by atoms with Crippen LogP contribution in [0, 0.1) is 0 Å². The summed E-state index contributed by atoms with van der Waals surface area (Å²) in [6.45, 7) is 3.44. The van der Waals surface area contributed by atoms with E-state index in [1.54, 1.807) is 13.8 Å². The van der Waals surface area contributed by atoms with Crippen molar-refractivity contribution in [2.75, 3.05) is 7.05 Å². The topological polar surface area (TPSA) is 72.3 Å². The van der Waals surface area contributed by atoms with Crippen LogP contribution in [0.1, 0.15) is 46.0 Å². The standard InChI is InChI=1S/C6H13N.C3H8O.CH5N/c7-6-4-2-1-3-5-6;1-3(2)4;1-2/h6H,1-5,7H2;3-4H,1-2H3;2H2,1H3. The molecule has 0 spiro atoms. The van der Waals surface area contributed by atoms with E-state index in [0.717, 1.165) is 0 Å². The third-order valence-corrected chi connectivity index (χ3v) is 1.65. The van der Waals surface area contributed by atoms with Crippen LogP contribution >= 0.6 is 0 Å². The van der Waals surface area contributed by atoms with E-state index < -0.39 is 0 Å². The molecule has 0 radical (unpaired) electrons. The van der Waals surface area contributed by atoms with Gasteiger partial charge in [0.05, 0.1) is 0 Å². The second kappa shape index (κ2) is 11.9. The normalized spacial score (nSPS) is 16.8. The van der Waals surface area contributed by atoms with Gasteiger partial charge >= 0.3 is 0 Å². The molecule has 0 atom stereocenters. The third-order valence-electron chi connectivity index (χ3n) is 1.65. The first-order valence-electron chi connectivity index (χ1n) is 5.14. The van der Waals surface area contributed by atoms with Crippen molar-refractivity contribution < 1.29 is 5.11 Å². The molecule has 0 aliphatic heterocycles. The van der Waals surface area contributed by atoms with Crippen LogP contribution in [0.5, 0.6) is 0 Å². The van der Waals surface area contributed by atoms with E-state index in [9.17, 15) is 0 Å². The fourth-order valence-electron chi connectivity index (χ4n) is 1.13. The molecule has 0 bridgehead atoms. The van der Waals surface area contributed by atoms with Gasteiger partial charge in [-0.1, -0.05) is 19.3 Å². The average Bonchev–Trinajstić information content (AvgIpc) is 2.08. The lowest BCUT2D eigenvalue weighted by Gasteiger charge is -2.15. The van der Waals surface area contributed by atoms with E-state index in [1.165, 1.54) is 39.2 Å². The average molecular weight is 190 g/mol. The number of rotatable bonds is 0. The Hall–Kier alpha value is -0.120. The lowest BCUT2D eigenvalue weighted by atomic mass is 9.97. The largest absolute Gasteiger partial charge is 0.394 e. The van der Waals surface area contributed by atoms with Gasteiger partial charge in [-0.25, -0.2) is 0 Å². The van der Waals surface area contributed by atoms with E-state index in [4.69, 9.17) is 10.8 Å². The second-order valence-electron chi connectivity index (χ2n) is 3.49. The molecule has 1 saturated carbocycles. The Labute approximate surface area is 82.5 Å². The van der Waals surface area contributed by atoms with Gasteiger partial charge in [0.15, 0.2) is 0 Å². The van der Waals surface area contributed by atoms with Gasteiger partial charge in [0.25, 0.3) is 0 Å². The first-order chi connectivity index (χ1) is 6.13. The first-order valence-corrected chi connectivity index (χ1v) is 5.14. The van der Waals surface area contributed by atoms with Crippen LogP contribution in [0.3, 0.4) is 0 Å². The highest BCUT2D eigenvalue weighted by Crippen LogP contribution is 2.14. The molecule has 0 aromatic carbocycles. The van der Waals surface area contributed by atoms with Crippen LogP contribution in [0.25, 0.3) is 0 Å². The summed E-state index contributed by atoms with van der Waals surface area (Å²) >= 11 is 0. The van der Waals surface area contributed by atoms with Gasteiger partial charge < -0.3 is 16.6 Å². The summed E-state index contributed by atoms with van der Waals surface area (Å²) in [6, 6.07) is 0.536. The minimum absolute atomic E-state index is 0.167. The number of nitrogens with two attached hydrogens (primary N) is 2. The Bertz CT molecular complexity index is 78.2. The minimum Gasteiger partial charge on any atom is -0.394 e. The van der Waals surface area contributed by atoms with Gasteiger partial charge in [-0.15, -0.1) is 0 Å². The second-order valence-corrected chi connectivity index (χ2v) is 3.49. The fraction of sp³-hybridized carbons (Fsp3) is 1.00. The number of aliphatic hydroxyl groups excluding tert-OH is 1. The lowest BCUT2D eigenvalue weighted by Crippen LogP contribution is -2.22. The Kier molecular flexibility index (Phi) is 14.0. The van der Waals surface area contributed by atoms with Crippen molar-refractivity contribution in [3.05, 3.63) is 0 Å². The molecule has 1 fully saturated rings. The molecule has 0 aromatic rings. The SMILES string of the molecule is CC(C)O.CN.NC1CCCCC1. The molecule has 1 aliphatic rings. The van der Waals surface area contributed by atoms with Gasteiger partial charge in [-0.3, -0.25) is 0 Å². The fourth-order valence-corrected chi connectivity index (χ4v) is 1.13. The zero-order valence-electron chi connectivity index (χ0n) is 9.29. The molecular formula is C10H26N2O. The van der Waals surface area contributed by atoms with Crippen molar-refractivity contribution in [2.24, 2.45) is 11.5 Å². The number of hydrogen-bond acceptors (Lipinski definition) is 3. The van der Waals surface area contributed by atoms with E-state index in [1.807, 2.05) is 0 Å². The van der Waals surface area contributed by atoms with E-state index >= 15 is 0 Å². The molecule has 1 rings (SSSR count). The van der Waals surface area contributed by atoms with Crippen molar-refractivity contribution in [3.63, 3.8) is 0 Å². The molecule has 0 aromatic heterocycles. The summed E-state index contributed by atoms with van der Waals surface area (Å²) in [7, 11) is 1.50. The summed E-state index contributed by atoms with van der Waals surface area (Å²) in [5.41, 5.74) is 10.1. The van der Waals surface area contributed by atoms with Crippen molar-refractivity contribution in [1.82, 2.24) is 0 Å². The predicted octanol–water partition coefficient (Wildman–Crippen LogP) is 1.24. The van der Waals surface area contributed by atoms with Gasteiger partial charge in [-0.2, -0.15) is 0 Å². The quantitative estimate of drug-likeness (QED) is 0.538. The van der Waals surface area contributed by atoms with Crippen molar-refractivity contribution in [3.8, 4) is 0 Å². The molecule has 3 heteroatoms. The summed E-state index contributed by atoms with van der Waals surface area (Å²) in [6.07, 6.45) is 6.50. The highest BCUT2D eigenvalue weighted by atomic mass is 16.3. The maximum absolute atomic E-state index is 8.06. The van der Waals surface area contributed by atoms with Crippen LogP contribution in [0.4, 0.5) is 0 Å². The molecule has 13 heavy (non-hydrogen) atoms. The van der Waals surface area contributed by atoms with Gasteiger partial charge in [0.2, 0.25) is 0 Å². The molecule has 3 nitrogen and oxygen atoms in total. The van der Waals surface area contributed by atoms with Gasteiger partial charge in [-0.05, 0) is 33.7 Å². The molecular weight excluding hydrogens is 164 g/mol. The molecule has 0 amide bonds. The molecule has 5 N–H and O–H groups in total. The van der Waals surface area contributed by atoms with Crippen LogP contribution in [0.15, 0.2) is 0 Å². The Morgan fingerprint density at radius 2 is 1.38 bits per heavy atom. The van der Waals surface area contributed by atoms with Crippen molar-refractivity contribution in [2.45, 2.75) is 58.1 Å². The Morgan fingerprint density at radius 3 is 1.54 bits per heavy atom. The van der Waals surface area contributed by atoms with Crippen molar-refractivity contribution >= 4 is 0 Å². The van der Waals surface area contributed by atoms with Crippen LogP contribution in [0.2, 0.25) is 0 Å². The zero-order valence-corrected chi connectivity index (χ0v) is 9.29. The summed E-state index contributed by atoms with van der Waals surface area (Å²) < 4.78 is 0. The van der Waals surface area contributed by atoms with E-state index in [-0.39, 0.29) is 6.10 Å². The number of aliphatic hydroxyl groups is 1. The molecule has 82 valence electrons. The monoisotopic (exact) mass is 190 g/mol. The van der Waals surface area contributed by atoms with Crippen LogP contribution < -0.4 is 11.5 Å². The summed E-state index contributed by atoms with van der Waals surface area (Å²) in [4.78, 5) is 0. The maximum Gasteiger partial charge on any atom is 0.0483 e. The predicted molar refractivity (Wildman–Crippen MR) is 58.5 cm³/mol. The lowest BCUT2D eigenvalue weighted by molar-refractivity contribution is 0.216. The van der Waals surface area contributed by atoms with E-state index in [0.29, 0.717) is 6.04 Å². The van der Waals surface area contributed by atoms with Crippen molar-refractivity contribution in [1.29, 1.82) is 0 Å². The smallest absolute Gasteiger partial charge is 0.0483 e. The van der Waals surface area contributed by atoms with Crippen LogP contribution in [-0.4, -0.2) is 24.3 Å². The molecule has 1 aliphatic carbocycles. The molecule has 0 unspecified atom stereocenters. The highest BCUT2D eigenvalue weighted by molar-refractivity contribution is 4.66. The van der Waals surface area contributed by atoms with Gasteiger partial charge in [0.1, 0.15) is 0 Å². The Balaban J connectivity index is 0. The zero-order chi connectivity index (χ0) is 10.7. The van der Waals surface area contributed by atoms with Gasteiger partial charge in [0, 0.05) is 12.1 Å². The minimum atomic E-state index is -0.167. The maximum atomic E-state index is 8.06.